The van der Waals surface area contributed by atoms with Crippen molar-refractivity contribution >= 4 is 23.6 Å². The van der Waals surface area contributed by atoms with Crippen LogP contribution < -0.4 is 15.6 Å². The molecule has 2 amide bonds. The summed E-state index contributed by atoms with van der Waals surface area (Å²) in [5.41, 5.74) is 4.61. The number of hydrogen-bond acceptors (Lipinski definition) is 5. The van der Waals surface area contributed by atoms with Gasteiger partial charge in [0.2, 0.25) is 5.91 Å². The molecule has 2 aromatic rings. The minimum atomic E-state index is -0.496. The zero-order valence-electron chi connectivity index (χ0n) is 12.0. The summed E-state index contributed by atoms with van der Waals surface area (Å²) in [7, 11) is 0. The van der Waals surface area contributed by atoms with Crippen LogP contribution in [0.5, 0.6) is 5.75 Å². The lowest BCUT2D eigenvalue weighted by molar-refractivity contribution is -0.119. The number of nitrogens with one attached hydrogen (secondary N) is 2. The third-order valence-electron chi connectivity index (χ3n) is 2.57. The van der Waals surface area contributed by atoms with Crippen LogP contribution in [0, 0.1) is 0 Å². The van der Waals surface area contributed by atoms with Crippen molar-refractivity contribution in [2.75, 3.05) is 12.4 Å². The Morgan fingerprint density at radius 1 is 1.18 bits per heavy atom. The number of carbonyl (C=O) groups is 2. The molecule has 7 heteroatoms. The van der Waals surface area contributed by atoms with Crippen molar-refractivity contribution < 1.29 is 18.7 Å². The number of amides is 2. The van der Waals surface area contributed by atoms with E-state index in [4.69, 9.17) is 9.15 Å². The molecular weight excluding hydrogens is 304 g/mol. The summed E-state index contributed by atoms with van der Waals surface area (Å²) in [6, 6.07) is 10.6. The molecule has 2 rings (SSSR count). The predicted molar refractivity (Wildman–Crippen MR) is 82.7 cm³/mol. The van der Waals surface area contributed by atoms with Gasteiger partial charge in [0.25, 0.3) is 0 Å². The molecule has 0 bridgehead atoms. The molecule has 0 radical (unpaired) electrons. The van der Waals surface area contributed by atoms with E-state index in [9.17, 15) is 9.59 Å². The molecule has 1 aromatic carbocycles. The van der Waals surface area contributed by atoms with Gasteiger partial charge in [-0.2, -0.15) is 0 Å². The topological polar surface area (TPSA) is 80.6 Å². The molecule has 0 fully saturated rings. The molecule has 0 aliphatic rings. The molecule has 1 aromatic heterocycles. The fraction of sp³-hybridized carbons (Fsp3) is 0.200. The van der Waals surface area contributed by atoms with Gasteiger partial charge in [0.15, 0.2) is 5.76 Å². The Bertz CT molecular complexity index is 611. The first-order chi connectivity index (χ1) is 10.7. The van der Waals surface area contributed by atoms with Crippen molar-refractivity contribution in [3.63, 3.8) is 0 Å². The number of thioether (sulfide) groups is 1. The molecule has 0 spiro atoms. The lowest BCUT2D eigenvalue weighted by Crippen LogP contribution is -2.42. The van der Waals surface area contributed by atoms with E-state index in [1.54, 1.807) is 6.07 Å². The number of carbonyl (C=O) groups excluding carboxylic acids is 2. The van der Waals surface area contributed by atoms with E-state index in [0.29, 0.717) is 6.61 Å². The fourth-order valence-corrected chi connectivity index (χ4v) is 2.28. The van der Waals surface area contributed by atoms with E-state index in [-0.39, 0.29) is 17.4 Å². The third kappa shape index (κ3) is 4.85. The Hall–Kier alpha value is -2.41. The molecule has 6 nitrogen and oxygen atoms in total. The molecule has 0 aliphatic carbocycles. The average Bonchev–Trinajstić information content (AvgIpc) is 3.07. The number of furan rings is 1. The van der Waals surface area contributed by atoms with Gasteiger partial charge >= 0.3 is 5.91 Å². The van der Waals surface area contributed by atoms with E-state index in [2.05, 4.69) is 10.9 Å². The lowest BCUT2D eigenvalue weighted by Gasteiger charge is -2.06. The first-order valence-electron chi connectivity index (χ1n) is 6.67. The number of benzene rings is 1. The number of hydrazine groups is 1. The van der Waals surface area contributed by atoms with E-state index in [0.717, 1.165) is 10.6 Å². The highest BCUT2D eigenvalue weighted by molar-refractivity contribution is 8.00. The normalized spacial score (nSPS) is 10.0. The Balaban J connectivity index is 1.72. The van der Waals surface area contributed by atoms with Crippen LogP contribution in [0.3, 0.4) is 0 Å². The van der Waals surface area contributed by atoms with Crippen LogP contribution in [0.2, 0.25) is 0 Å². The highest BCUT2D eigenvalue weighted by Crippen LogP contribution is 2.21. The summed E-state index contributed by atoms with van der Waals surface area (Å²) >= 11 is 1.36. The standard InChI is InChI=1S/C15H16N2O4S/c1-2-20-11-5-7-12(8-6-11)22-10-14(18)16-17-15(19)13-4-3-9-21-13/h3-9H,2,10H2,1H3,(H,16,18)(H,17,19). The SMILES string of the molecule is CCOc1ccc(SCC(=O)NNC(=O)c2ccco2)cc1. The summed E-state index contributed by atoms with van der Waals surface area (Å²) in [5, 5.41) is 0. The van der Waals surface area contributed by atoms with Gasteiger partial charge in [0, 0.05) is 4.90 Å². The van der Waals surface area contributed by atoms with Crippen molar-refractivity contribution in [2.24, 2.45) is 0 Å². The Morgan fingerprint density at radius 2 is 1.95 bits per heavy atom. The van der Waals surface area contributed by atoms with Gasteiger partial charge < -0.3 is 9.15 Å². The quantitative estimate of drug-likeness (QED) is 0.630. The zero-order valence-corrected chi connectivity index (χ0v) is 12.8. The lowest BCUT2D eigenvalue weighted by atomic mass is 10.3. The van der Waals surface area contributed by atoms with Gasteiger partial charge in [-0.25, -0.2) is 0 Å². The Kier molecular flexibility index (Phi) is 5.91. The molecule has 0 saturated carbocycles. The Labute approximate surface area is 132 Å². The highest BCUT2D eigenvalue weighted by atomic mass is 32.2. The van der Waals surface area contributed by atoms with Crippen LogP contribution in [-0.2, 0) is 4.79 Å². The maximum Gasteiger partial charge on any atom is 0.305 e. The van der Waals surface area contributed by atoms with Crippen LogP contribution >= 0.6 is 11.8 Å². The summed E-state index contributed by atoms with van der Waals surface area (Å²) in [4.78, 5) is 24.1. The van der Waals surface area contributed by atoms with E-state index < -0.39 is 5.91 Å². The smallest absolute Gasteiger partial charge is 0.305 e. The van der Waals surface area contributed by atoms with Gasteiger partial charge in [-0.1, -0.05) is 0 Å². The van der Waals surface area contributed by atoms with Crippen molar-refractivity contribution in [1.82, 2.24) is 10.9 Å². The second-order valence-electron chi connectivity index (χ2n) is 4.17. The van der Waals surface area contributed by atoms with Gasteiger partial charge in [0.05, 0.1) is 18.6 Å². The molecule has 0 unspecified atom stereocenters. The van der Waals surface area contributed by atoms with Crippen LogP contribution in [0.15, 0.2) is 52.0 Å². The molecule has 0 aliphatic heterocycles. The first-order valence-corrected chi connectivity index (χ1v) is 7.66. The fourth-order valence-electron chi connectivity index (χ4n) is 1.58. The maximum absolute atomic E-state index is 11.7. The minimum absolute atomic E-state index is 0.138. The molecule has 1 heterocycles. The molecule has 0 saturated heterocycles. The molecule has 0 atom stereocenters. The van der Waals surface area contributed by atoms with Crippen molar-refractivity contribution in [3.05, 3.63) is 48.4 Å². The van der Waals surface area contributed by atoms with Crippen LogP contribution in [0.1, 0.15) is 17.5 Å². The van der Waals surface area contributed by atoms with Gasteiger partial charge in [-0.15, -0.1) is 11.8 Å². The first kappa shape index (κ1) is 16.0. The summed E-state index contributed by atoms with van der Waals surface area (Å²) in [6.45, 7) is 2.54. The van der Waals surface area contributed by atoms with Crippen LogP contribution in [0.25, 0.3) is 0 Å². The number of hydrogen-bond donors (Lipinski definition) is 2. The molecular formula is C15H16N2O4S. The van der Waals surface area contributed by atoms with Crippen molar-refractivity contribution in [2.45, 2.75) is 11.8 Å². The van der Waals surface area contributed by atoms with Gasteiger partial charge in [-0.3, -0.25) is 20.4 Å². The van der Waals surface area contributed by atoms with Crippen LogP contribution in [-0.4, -0.2) is 24.2 Å². The van der Waals surface area contributed by atoms with E-state index in [1.165, 1.54) is 24.1 Å². The maximum atomic E-state index is 11.7. The highest BCUT2D eigenvalue weighted by Gasteiger charge is 2.09. The van der Waals surface area contributed by atoms with Crippen LogP contribution in [0.4, 0.5) is 0 Å². The predicted octanol–water partition coefficient (Wildman–Crippen LogP) is 2.23. The second kappa shape index (κ2) is 8.14. The van der Waals surface area contributed by atoms with Crippen molar-refractivity contribution in [1.29, 1.82) is 0 Å². The largest absolute Gasteiger partial charge is 0.494 e. The van der Waals surface area contributed by atoms with E-state index in [1.807, 2.05) is 31.2 Å². The molecule has 116 valence electrons. The van der Waals surface area contributed by atoms with Crippen molar-refractivity contribution in [3.8, 4) is 5.75 Å². The van der Waals surface area contributed by atoms with E-state index >= 15 is 0 Å². The average molecular weight is 320 g/mol. The third-order valence-corrected chi connectivity index (χ3v) is 3.58. The molecule has 22 heavy (non-hydrogen) atoms. The zero-order chi connectivity index (χ0) is 15.8. The summed E-state index contributed by atoms with van der Waals surface area (Å²) < 4.78 is 10.2. The summed E-state index contributed by atoms with van der Waals surface area (Å²) in [5.74, 6) is 0.316. The minimum Gasteiger partial charge on any atom is -0.494 e. The monoisotopic (exact) mass is 320 g/mol. The molecule has 2 N–H and O–H groups in total. The summed E-state index contributed by atoms with van der Waals surface area (Å²) in [6.07, 6.45) is 1.39. The van der Waals surface area contributed by atoms with Gasteiger partial charge in [0.1, 0.15) is 5.75 Å². The second-order valence-corrected chi connectivity index (χ2v) is 5.22. The Morgan fingerprint density at radius 3 is 2.59 bits per heavy atom. The van der Waals surface area contributed by atoms with Gasteiger partial charge in [-0.05, 0) is 43.3 Å². The number of rotatable bonds is 6. The number of ether oxygens (including phenoxy) is 1.